The van der Waals surface area contributed by atoms with Crippen LogP contribution in [0, 0.1) is 0 Å². The summed E-state index contributed by atoms with van der Waals surface area (Å²) in [6, 6.07) is 16.5. The Balaban J connectivity index is 1.78. The Morgan fingerprint density at radius 3 is 2.55 bits per heavy atom. The van der Waals surface area contributed by atoms with Gasteiger partial charge in [0.15, 0.2) is 5.44 Å². The number of aliphatic carboxylic acids is 1. The average Bonchev–Trinajstić information content (AvgIpc) is 2.84. The van der Waals surface area contributed by atoms with E-state index in [1.807, 2.05) is 36.4 Å². The van der Waals surface area contributed by atoms with Gasteiger partial charge in [0.05, 0.1) is 5.56 Å². The number of benzene rings is 2. The number of hydrogen-bond acceptors (Lipinski definition) is 4. The third-order valence-electron chi connectivity index (χ3n) is 3.48. The lowest BCUT2D eigenvalue weighted by atomic mass is 10.1. The SMILES string of the molecule is O=C1O[C@H](S[C@H](Cc2ccccc2)C(=O)O)c2ccccc21. The molecule has 2 aromatic rings. The molecule has 1 aliphatic heterocycles. The summed E-state index contributed by atoms with van der Waals surface area (Å²) in [7, 11) is 0. The van der Waals surface area contributed by atoms with E-state index in [2.05, 4.69) is 0 Å². The summed E-state index contributed by atoms with van der Waals surface area (Å²) in [5.74, 6) is -1.30. The molecule has 0 bridgehead atoms. The normalized spacial score (nSPS) is 17.6. The van der Waals surface area contributed by atoms with Crippen molar-refractivity contribution in [3.05, 3.63) is 71.3 Å². The van der Waals surface area contributed by atoms with Crippen molar-refractivity contribution < 1.29 is 19.4 Å². The van der Waals surface area contributed by atoms with E-state index in [0.29, 0.717) is 12.0 Å². The molecule has 1 aliphatic rings. The molecule has 0 saturated heterocycles. The van der Waals surface area contributed by atoms with Crippen LogP contribution in [-0.4, -0.2) is 22.3 Å². The molecule has 0 spiro atoms. The van der Waals surface area contributed by atoms with Gasteiger partial charge in [-0.05, 0) is 18.1 Å². The molecule has 0 aromatic heterocycles. The number of ether oxygens (including phenoxy) is 1. The van der Waals surface area contributed by atoms with Crippen molar-refractivity contribution in [1.82, 2.24) is 0 Å². The number of thioether (sulfide) groups is 1. The van der Waals surface area contributed by atoms with Crippen LogP contribution >= 0.6 is 11.8 Å². The molecular formula is C17H14O4S. The van der Waals surface area contributed by atoms with E-state index >= 15 is 0 Å². The van der Waals surface area contributed by atoms with Gasteiger partial charge in [-0.25, -0.2) is 4.79 Å². The second-order valence-electron chi connectivity index (χ2n) is 4.98. The Kier molecular flexibility index (Phi) is 4.15. The highest BCUT2D eigenvalue weighted by atomic mass is 32.2. The molecule has 3 rings (SSSR count). The predicted molar refractivity (Wildman–Crippen MR) is 83.8 cm³/mol. The van der Waals surface area contributed by atoms with E-state index in [4.69, 9.17) is 4.74 Å². The molecule has 2 atom stereocenters. The van der Waals surface area contributed by atoms with Crippen LogP contribution in [0.25, 0.3) is 0 Å². The monoisotopic (exact) mass is 314 g/mol. The summed E-state index contributed by atoms with van der Waals surface area (Å²) in [6.07, 6.45) is 0.386. The van der Waals surface area contributed by atoms with Gasteiger partial charge in [0.25, 0.3) is 0 Å². The fourth-order valence-electron chi connectivity index (χ4n) is 2.38. The number of fused-ring (bicyclic) bond motifs is 1. The second kappa shape index (κ2) is 6.23. The predicted octanol–water partition coefficient (Wildman–Crippen LogP) is 3.28. The van der Waals surface area contributed by atoms with Crippen LogP contribution in [0.2, 0.25) is 0 Å². The molecule has 0 fully saturated rings. The number of cyclic esters (lactones) is 1. The highest BCUT2D eigenvalue weighted by molar-refractivity contribution is 8.00. The van der Waals surface area contributed by atoms with Crippen molar-refractivity contribution in [2.45, 2.75) is 17.1 Å². The number of carboxylic acid groups (broad SMARTS) is 1. The van der Waals surface area contributed by atoms with Crippen LogP contribution in [0.1, 0.15) is 26.9 Å². The fourth-order valence-corrected chi connectivity index (χ4v) is 3.58. The first kappa shape index (κ1) is 14.7. The first-order chi connectivity index (χ1) is 10.6. The van der Waals surface area contributed by atoms with Crippen LogP contribution in [0.4, 0.5) is 0 Å². The first-order valence-electron chi connectivity index (χ1n) is 6.87. The van der Waals surface area contributed by atoms with Crippen LogP contribution in [0.3, 0.4) is 0 Å². The Bertz CT molecular complexity index is 699. The van der Waals surface area contributed by atoms with Crippen LogP contribution in [0.15, 0.2) is 54.6 Å². The summed E-state index contributed by atoms with van der Waals surface area (Å²) in [6.45, 7) is 0. The highest BCUT2D eigenvalue weighted by Crippen LogP contribution is 2.41. The number of esters is 1. The minimum atomic E-state index is -0.908. The smallest absolute Gasteiger partial charge is 0.340 e. The summed E-state index contributed by atoms with van der Waals surface area (Å²) >= 11 is 1.16. The minimum Gasteiger partial charge on any atom is -0.480 e. The van der Waals surface area contributed by atoms with Gasteiger partial charge >= 0.3 is 11.9 Å². The topological polar surface area (TPSA) is 63.6 Å². The first-order valence-corrected chi connectivity index (χ1v) is 7.81. The molecule has 1 N–H and O–H groups in total. The summed E-state index contributed by atoms with van der Waals surface area (Å²) in [4.78, 5) is 23.3. The molecule has 1 heterocycles. The quantitative estimate of drug-likeness (QED) is 0.858. The molecule has 2 aromatic carbocycles. The molecule has 0 radical (unpaired) electrons. The Morgan fingerprint density at radius 2 is 1.82 bits per heavy atom. The number of rotatable bonds is 5. The van der Waals surface area contributed by atoms with Crippen molar-refractivity contribution >= 4 is 23.7 Å². The third kappa shape index (κ3) is 2.99. The van der Waals surface area contributed by atoms with Crippen molar-refractivity contribution in [2.75, 3.05) is 0 Å². The minimum absolute atomic E-state index is 0.386. The van der Waals surface area contributed by atoms with E-state index in [-0.39, 0.29) is 0 Å². The van der Waals surface area contributed by atoms with Crippen LogP contribution in [-0.2, 0) is 16.0 Å². The van der Waals surface area contributed by atoms with Gasteiger partial charge < -0.3 is 9.84 Å². The van der Waals surface area contributed by atoms with Gasteiger partial charge in [-0.15, -0.1) is 0 Å². The number of carboxylic acids is 1. The summed E-state index contributed by atoms with van der Waals surface area (Å²) in [5.41, 5.74) is 1.65. The molecular weight excluding hydrogens is 300 g/mol. The van der Waals surface area contributed by atoms with E-state index in [1.54, 1.807) is 18.2 Å². The molecule has 5 heteroatoms. The van der Waals surface area contributed by atoms with Gasteiger partial charge in [-0.2, -0.15) is 0 Å². The maximum Gasteiger partial charge on any atom is 0.340 e. The zero-order valence-corrected chi connectivity index (χ0v) is 12.5. The number of carbonyl (C=O) groups is 2. The summed E-state index contributed by atoms with van der Waals surface area (Å²) in [5, 5.41) is 8.77. The molecule has 0 amide bonds. The summed E-state index contributed by atoms with van der Waals surface area (Å²) < 4.78 is 5.31. The zero-order valence-electron chi connectivity index (χ0n) is 11.6. The highest BCUT2D eigenvalue weighted by Gasteiger charge is 2.34. The van der Waals surface area contributed by atoms with Gasteiger partial charge in [-0.3, -0.25) is 4.79 Å². The standard InChI is InChI=1S/C17H14O4S/c18-15(19)14(10-11-6-2-1-3-7-11)22-17-13-9-5-4-8-12(13)16(20)21-17/h1-9,14,17H,10H2,(H,18,19)/t14-,17-/m1/s1. The average molecular weight is 314 g/mol. The van der Waals surface area contributed by atoms with Crippen molar-refractivity contribution in [1.29, 1.82) is 0 Å². The van der Waals surface area contributed by atoms with Crippen molar-refractivity contribution in [3.8, 4) is 0 Å². The van der Waals surface area contributed by atoms with E-state index in [0.717, 1.165) is 22.9 Å². The molecule has 22 heavy (non-hydrogen) atoms. The third-order valence-corrected chi connectivity index (χ3v) is 4.77. The maximum absolute atomic E-state index is 11.8. The van der Waals surface area contributed by atoms with Crippen LogP contribution < -0.4 is 0 Å². The molecule has 0 aliphatic carbocycles. The molecule has 0 unspecified atom stereocenters. The Labute approximate surface area is 132 Å². The van der Waals surface area contributed by atoms with Crippen molar-refractivity contribution in [2.24, 2.45) is 0 Å². The molecule has 4 nitrogen and oxygen atoms in total. The van der Waals surface area contributed by atoms with Gasteiger partial charge in [-0.1, -0.05) is 60.3 Å². The van der Waals surface area contributed by atoms with Gasteiger partial charge in [0.1, 0.15) is 5.25 Å². The van der Waals surface area contributed by atoms with E-state index in [1.165, 1.54) is 0 Å². The number of carbonyl (C=O) groups excluding carboxylic acids is 1. The van der Waals surface area contributed by atoms with Gasteiger partial charge in [0.2, 0.25) is 0 Å². The lowest BCUT2D eigenvalue weighted by Crippen LogP contribution is -2.20. The number of hydrogen-bond donors (Lipinski definition) is 1. The van der Waals surface area contributed by atoms with Crippen molar-refractivity contribution in [3.63, 3.8) is 0 Å². The molecule has 0 saturated carbocycles. The van der Waals surface area contributed by atoms with E-state index in [9.17, 15) is 14.7 Å². The zero-order chi connectivity index (χ0) is 15.5. The second-order valence-corrected chi connectivity index (χ2v) is 6.25. The van der Waals surface area contributed by atoms with Crippen LogP contribution in [0.5, 0.6) is 0 Å². The van der Waals surface area contributed by atoms with E-state index < -0.39 is 22.6 Å². The largest absolute Gasteiger partial charge is 0.480 e. The Hall–Kier alpha value is -2.27. The maximum atomic E-state index is 11.8. The lowest BCUT2D eigenvalue weighted by molar-refractivity contribution is -0.136. The van der Waals surface area contributed by atoms with Gasteiger partial charge in [0, 0.05) is 5.56 Å². The fraction of sp³-hybridized carbons (Fsp3) is 0.176. The Morgan fingerprint density at radius 1 is 1.14 bits per heavy atom. The molecule has 112 valence electrons. The lowest BCUT2D eigenvalue weighted by Gasteiger charge is -2.17.